The number of halogens is 1. The molecule has 0 aliphatic carbocycles. The Morgan fingerprint density at radius 1 is 1.10 bits per heavy atom. The Morgan fingerprint density at radius 3 is 2.45 bits per heavy atom. The molecule has 0 unspecified atom stereocenters. The van der Waals surface area contributed by atoms with Crippen LogP contribution in [0.15, 0.2) is 42.5 Å². The summed E-state index contributed by atoms with van der Waals surface area (Å²) in [4.78, 5) is 15.1. The van der Waals surface area contributed by atoms with Crippen molar-refractivity contribution in [2.75, 3.05) is 26.3 Å². The first-order valence-corrected chi connectivity index (χ1v) is 11.2. The summed E-state index contributed by atoms with van der Waals surface area (Å²) in [6.07, 6.45) is 1.56. The molecule has 1 saturated heterocycles. The van der Waals surface area contributed by atoms with Crippen LogP contribution in [0.1, 0.15) is 50.8 Å². The van der Waals surface area contributed by atoms with E-state index in [0.717, 1.165) is 31.5 Å². The second-order valence-corrected chi connectivity index (χ2v) is 7.94. The number of hydrogen-bond acceptors (Lipinski definition) is 4. The number of rotatable bonds is 9. The Labute approximate surface area is 184 Å². The van der Waals surface area contributed by atoms with E-state index in [-0.39, 0.29) is 23.7 Å². The van der Waals surface area contributed by atoms with Crippen molar-refractivity contribution in [1.82, 2.24) is 10.2 Å². The van der Waals surface area contributed by atoms with Gasteiger partial charge >= 0.3 is 0 Å². The zero-order valence-electron chi connectivity index (χ0n) is 18.7. The third-order valence-electron chi connectivity index (χ3n) is 5.74. The van der Waals surface area contributed by atoms with Gasteiger partial charge in [-0.1, -0.05) is 24.3 Å². The predicted octanol–water partition coefficient (Wildman–Crippen LogP) is 4.71. The van der Waals surface area contributed by atoms with Crippen LogP contribution in [-0.2, 0) is 11.3 Å². The molecule has 1 amide bonds. The second-order valence-electron chi connectivity index (χ2n) is 7.94. The standard InChI is InChI=1S/C25H33FN2O3/c1-4-30-23-11-10-20(16-24(23)31-5-2)18(3)27-25(29)19-12-14-28(15-13-19)17-21-8-6-7-9-22(21)26/h6-11,16,18-19H,4-5,12-15,17H2,1-3H3,(H,27,29)/t18-/m1/s1. The summed E-state index contributed by atoms with van der Waals surface area (Å²) in [6, 6.07) is 12.6. The minimum Gasteiger partial charge on any atom is -0.490 e. The highest BCUT2D eigenvalue weighted by molar-refractivity contribution is 5.79. The van der Waals surface area contributed by atoms with Crippen molar-refractivity contribution in [2.24, 2.45) is 5.92 Å². The first kappa shape index (κ1) is 23.1. The van der Waals surface area contributed by atoms with Gasteiger partial charge in [0.15, 0.2) is 11.5 Å². The predicted molar refractivity (Wildman–Crippen MR) is 120 cm³/mol. The van der Waals surface area contributed by atoms with Crippen molar-refractivity contribution < 1.29 is 18.7 Å². The highest BCUT2D eigenvalue weighted by Gasteiger charge is 2.26. The van der Waals surface area contributed by atoms with Crippen LogP contribution in [0, 0.1) is 11.7 Å². The summed E-state index contributed by atoms with van der Waals surface area (Å²) in [7, 11) is 0. The number of ether oxygens (including phenoxy) is 2. The van der Waals surface area contributed by atoms with Crippen LogP contribution in [0.3, 0.4) is 0 Å². The van der Waals surface area contributed by atoms with Gasteiger partial charge in [0.25, 0.3) is 0 Å². The van der Waals surface area contributed by atoms with Gasteiger partial charge in [-0.05, 0) is 70.5 Å². The minimum atomic E-state index is -0.169. The number of benzene rings is 2. The zero-order valence-corrected chi connectivity index (χ0v) is 18.7. The molecule has 1 fully saturated rings. The van der Waals surface area contributed by atoms with E-state index in [1.165, 1.54) is 6.07 Å². The van der Waals surface area contributed by atoms with E-state index in [2.05, 4.69) is 10.2 Å². The van der Waals surface area contributed by atoms with Gasteiger partial charge in [-0.15, -0.1) is 0 Å². The first-order chi connectivity index (χ1) is 15.0. The number of piperidine rings is 1. The summed E-state index contributed by atoms with van der Waals surface area (Å²) in [5.74, 6) is 1.30. The van der Waals surface area contributed by atoms with E-state index in [0.29, 0.717) is 36.8 Å². The summed E-state index contributed by atoms with van der Waals surface area (Å²) in [5, 5.41) is 3.15. The van der Waals surface area contributed by atoms with Crippen LogP contribution >= 0.6 is 0 Å². The maximum atomic E-state index is 13.9. The Kier molecular flexibility index (Phi) is 8.29. The van der Waals surface area contributed by atoms with Gasteiger partial charge in [0.2, 0.25) is 5.91 Å². The lowest BCUT2D eigenvalue weighted by molar-refractivity contribution is -0.127. The lowest BCUT2D eigenvalue weighted by atomic mass is 9.94. The number of likely N-dealkylation sites (tertiary alicyclic amines) is 1. The summed E-state index contributed by atoms with van der Waals surface area (Å²) in [5.41, 5.74) is 1.69. The molecule has 168 valence electrons. The SMILES string of the molecule is CCOc1ccc([C@@H](C)NC(=O)C2CCN(Cc3ccccc3F)CC2)cc1OCC. The lowest BCUT2D eigenvalue weighted by Crippen LogP contribution is -2.41. The largest absolute Gasteiger partial charge is 0.490 e. The van der Waals surface area contributed by atoms with Crippen molar-refractivity contribution in [3.63, 3.8) is 0 Å². The van der Waals surface area contributed by atoms with Gasteiger partial charge in [-0.25, -0.2) is 4.39 Å². The molecule has 0 radical (unpaired) electrons. The Bertz CT molecular complexity index is 866. The van der Waals surface area contributed by atoms with Crippen LogP contribution in [0.25, 0.3) is 0 Å². The van der Waals surface area contributed by atoms with Crippen molar-refractivity contribution in [1.29, 1.82) is 0 Å². The second kappa shape index (κ2) is 11.1. The molecule has 3 rings (SSSR count). The van der Waals surface area contributed by atoms with E-state index >= 15 is 0 Å². The maximum absolute atomic E-state index is 13.9. The summed E-state index contributed by atoms with van der Waals surface area (Å²) < 4.78 is 25.2. The van der Waals surface area contributed by atoms with Gasteiger partial charge in [-0.2, -0.15) is 0 Å². The third-order valence-corrected chi connectivity index (χ3v) is 5.74. The fourth-order valence-corrected chi connectivity index (χ4v) is 3.97. The minimum absolute atomic E-state index is 0.0200. The molecular weight excluding hydrogens is 395 g/mol. The summed E-state index contributed by atoms with van der Waals surface area (Å²) >= 11 is 0. The molecular formula is C25H33FN2O3. The van der Waals surface area contributed by atoms with E-state index in [9.17, 15) is 9.18 Å². The fourth-order valence-electron chi connectivity index (χ4n) is 3.97. The lowest BCUT2D eigenvalue weighted by Gasteiger charge is -2.32. The van der Waals surface area contributed by atoms with Crippen LogP contribution < -0.4 is 14.8 Å². The van der Waals surface area contributed by atoms with Crippen molar-refractivity contribution >= 4 is 5.91 Å². The van der Waals surface area contributed by atoms with Gasteiger partial charge in [0.05, 0.1) is 19.3 Å². The molecule has 1 aliphatic rings. The number of nitrogens with one attached hydrogen (secondary N) is 1. The normalized spacial score (nSPS) is 16.0. The number of nitrogens with zero attached hydrogens (tertiary/aromatic N) is 1. The molecule has 0 saturated carbocycles. The van der Waals surface area contributed by atoms with Gasteiger partial charge in [0, 0.05) is 18.0 Å². The molecule has 6 heteroatoms. The quantitative estimate of drug-likeness (QED) is 0.628. The molecule has 0 bridgehead atoms. The molecule has 31 heavy (non-hydrogen) atoms. The van der Waals surface area contributed by atoms with Crippen LogP contribution in [0.5, 0.6) is 11.5 Å². The number of carbonyl (C=O) groups is 1. The Hall–Kier alpha value is -2.60. The molecule has 1 aliphatic heterocycles. The van der Waals surface area contributed by atoms with Crippen molar-refractivity contribution in [3.05, 3.63) is 59.4 Å². The van der Waals surface area contributed by atoms with Gasteiger partial charge in [0.1, 0.15) is 5.82 Å². The Balaban J connectivity index is 1.53. The average molecular weight is 429 g/mol. The molecule has 1 atom stereocenters. The van der Waals surface area contributed by atoms with Crippen molar-refractivity contribution in [2.45, 2.75) is 46.2 Å². The fraction of sp³-hybridized carbons (Fsp3) is 0.480. The average Bonchev–Trinajstić information content (AvgIpc) is 2.77. The van der Waals surface area contributed by atoms with Crippen LogP contribution in [-0.4, -0.2) is 37.1 Å². The topological polar surface area (TPSA) is 50.8 Å². The molecule has 2 aromatic carbocycles. The number of carbonyl (C=O) groups excluding carboxylic acids is 1. The zero-order chi connectivity index (χ0) is 22.2. The Morgan fingerprint density at radius 2 is 1.77 bits per heavy atom. The van der Waals surface area contributed by atoms with E-state index < -0.39 is 0 Å². The number of hydrogen-bond donors (Lipinski definition) is 1. The number of amides is 1. The monoisotopic (exact) mass is 428 g/mol. The molecule has 1 N–H and O–H groups in total. The van der Waals surface area contributed by atoms with E-state index in [1.807, 2.05) is 51.1 Å². The smallest absolute Gasteiger partial charge is 0.223 e. The maximum Gasteiger partial charge on any atom is 0.223 e. The van der Waals surface area contributed by atoms with Crippen LogP contribution in [0.4, 0.5) is 4.39 Å². The highest BCUT2D eigenvalue weighted by Crippen LogP contribution is 2.31. The molecule has 0 spiro atoms. The summed E-state index contributed by atoms with van der Waals surface area (Å²) in [6.45, 7) is 9.15. The van der Waals surface area contributed by atoms with Crippen molar-refractivity contribution in [3.8, 4) is 11.5 Å². The van der Waals surface area contributed by atoms with E-state index in [1.54, 1.807) is 6.07 Å². The molecule has 2 aromatic rings. The van der Waals surface area contributed by atoms with Gasteiger partial charge < -0.3 is 14.8 Å². The molecule has 5 nitrogen and oxygen atoms in total. The molecule has 1 heterocycles. The third kappa shape index (κ3) is 6.20. The van der Waals surface area contributed by atoms with Crippen LogP contribution in [0.2, 0.25) is 0 Å². The molecule has 0 aromatic heterocycles. The first-order valence-electron chi connectivity index (χ1n) is 11.2. The van der Waals surface area contributed by atoms with Gasteiger partial charge in [-0.3, -0.25) is 9.69 Å². The highest BCUT2D eigenvalue weighted by atomic mass is 19.1. The van der Waals surface area contributed by atoms with E-state index in [4.69, 9.17) is 9.47 Å².